The molecule has 27 heavy (non-hydrogen) atoms. The van der Waals surface area contributed by atoms with E-state index in [1.165, 1.54) is 5.56 Å². The van der Waals surface area contributed by atoms with Crippen molar-refractivity contribution in [2.75, 3.05) is 43.1 Å². The number of rotatable bonds is 5. The maximum atomic E-state index is 12.8. The molecule has 0 radical (unpaired) electrons. The molecule has 1 amide bonds. The second-order valence-electron chi connectivity index (χ2n) is 7.09. The fourth-order valence-corrected chi connectivity index (χ4v) is 3.51. The minimum atomic E-state index is -0.233. The van der Waals surface area contributed by atoms with Gasteiger partial charge in [0.1, 0.15) is 24.0 Å². The van der Waals surface area contributed by atoms with E-state index in [2.05, 4.69) is 51.4 Å². The Labute approximate surface area is 159 Å². The summed E-state index contributed by atoms with van der Waals surface area (Å²) in [4.78, 5) is 25.5. The highest BCUT2D eigenvalue weighted by atomic mass is 16.5. The van der Waals surface area contributed by atoms with Gasteiger partial charge in [0.25, 0.3) is 0 Å². The van der Waals surface area contributed by atoms with Crippen molar-refractivity contribution in [3.63, 3.8) is 0 Å². The van der Waals surface area contributed by atoms with Gasteiger partial charge in [-0.15, -0.1) is 0 Å². The Bertz CT molecular complexity index is 789. The first-order chi connectivity index (χ1) is 13.2. The first kappa shape index (κ1) is 17.7. The first-order valence-corrected chi connectivity index (χ1v) is 9.45. The van der Waals surface area contributed by atoms with Crippen LogP contribution < -0.4 is 10.2 Å². The van der Waals surface area contributed by atoms with Crippen LogP contribution in [0.5, 0.6) is 0 Å². The summed E-state index contributed by atoms with van der Waals surface area (Å²) >= 11 is 0. The quantitative estimate of drug-likeness (QED) is 0.870. The Morgan fingerprint density at radius 3 is 2.70 bits per heavy atom. The van der Waals surface area contributed by atoms with Gasteiger partial charge in [-0.2, -0.15) is 0 Å². The molecular formula is C20H25N5O2. The molecule has 1 atom stereocenters. The number of benzene rings is 1. The van der Waals surface area contributed by atoms with Gasteiger partial charge in [-0.05, 0) is 18.9 Å². The predicted molar refractivity (Wildman–Crippen MR) is 104 cm³/mol. The van der Waals surface area contributed by atoms with Gasteiger partial charge in [0.2, 0.25) is 5.91 Å². The summed E-state index contributed by atoms with van der Waals surface area (Å²) in [5.74, 6) is 1.70. The monoisotopic (exact) mass is 367 g/mol. The number of likely N-dealkylation sites (tertiary alicyclic amines) is 1. The van der Waals surface area contributed by atoms with E-state index in [0.717, 1.165) is 37.4 Å². The summed E-state index contributed by atoms with van der Waals surface area (Å²) < 4.78 is 5.39. The molecule has 0 spiro atoms. The number of carbonyl (C=O) groups excluding carboxylic acids is 1. The molecule has 1 aromatic carbocycles. The zero-order chi connectivity index (χ0) is 18.6. The van der Waals surface area contributed by atoms with Gasteiger partial charge in [0.05, 0.1) is 13.2 Å². The molecule has 2 aliphatic rings. The third kappa shape index (κ3) is 4.19. The number of amides is 1. The van der Waals surface area contributed by atoms with E-state index in [9.17, 15) is 4.79 Å². The molecule has 1 unspecified atom stereocenters. The zero-order valence-electron chi connectivity index (χ0n) is 15.6. The lowest BCUT2D eigenvalue weighted by Gasteiger charge is -2.28. The van der Waals surface area contributed by atoms with E-state index < -0.39 is 0 Å². The minimum Gasteiger partial charge on any atom is -0.378 e. The number of anilines is 2. The van der Waals surface area contributed by atoms with Crippen LogP contribution in [0, 0.1) is 6.92 Å². The van der Waals surface area contributed by atoms with E-state index in [0.29, 0.717) is 25.6 Å². The van der Waals surface area contributed by atoms with Crippen molar-refractivity contribution in [2.45, 2.75) is 25.9 Å². The van der Waals surface area contributed by atoms with Crippen LogP contribution in [0.3, 0.4) is 0 Å². The number of nitrogens with zero attached hydrogens (tertiary/aromatic N) is 4. The van der Waals surface area contributed by atoms with Crippen molar-refractivity contribution < 1.29 is 9.53 Å². The van der Waals surface area contributed by atoms with Crippen LogP contribution in [-0.2, 0) is 16.1 Å². The number of hydrogen-bond donors (Lipinski definition) is 1. The average Bonchev–Trinajstić information content (AvgIpc) is 3.04. The van der Waals surface area contributed by atoms with E-state index in [4.69, 9.17) is 4.74 Å². The number of carbonyl (C=O) groups is 1. The normalized spacial score (nSPS) is 20.2. The molecule has 1 aromatic heterocycles. The molecule has 7 heteroatoms. The Kier molecular flexibility index (Phi) is 5.20. The van der Waals surface area contributed by atoms with Gasteiger partial charge >= 0.3 is 0 Å². The van der Waals surface area contributed by atoms with Crippen LogP contribution in [0.2, 0.25) is 0 Å². The second-order valence-corrected chi connectivity index (χ2v) is 7.09. The van der Waals surface area contributed by atoms with Crippen molar-refractivity contribution in [2.24, 2.45) is 0 Å². The highest BCUT2D eigenvalue weighted by Crippen LogP contribution is 2.21. The minimum absolute atomic E-state index is 0.127. The fourth-order valence-electron chi connectivity index (χ4n) is 3.51. The van der Waals surface area contributed by atoms with Crippen LogP contribution in [-0.4, -0.2) is 59.7 Å². The molecule has 2 aromatic rings. The Hall–Kier alpha value is -2.67. The van der Waals surface area contributed by atoms with Gasteiger partial charge in [0.15, 0.2) is 0 Å². The van der Waals surface area contributed by atoms with Gasteiger partial charge in [-0.25, -0.2) is 9.97 Å². The third-order valence-corrected chi connectivity index (χ3v) is 5.10. The van der Waals surface area contributed by atoms with Crippen molar-refractivity contribution >= 4 is 17.5 Å². The van der Waals surface area contributed by atoms with E-state index >= 15 is 0 Å². The molecule has 1 N–H and O–H groups in total. The highest BCUT2D eigenvalue weighted by molar-refractivity contribution is 5.86. The molecule has 2 fully saturated rings. The zero-order valence-corrected chi connectivity index (χ0v) is 15.6. The lowest BCUT2D eigenvalue weighted by molar-refractivity contribution is -0.128. The molecule has 0 bridgehead atoms. The molecule has 0 aliphatic carbocycles. The fraction of sp³-hybridized carbons (Fsp3) is 0.450. The second kappa shape index (κ2) is 7.92. The van der Waals surface area contributed by atoms with Crippen molar-refractivity contribution in [1.82, 2.24) is 14.9 Å². The summed E-state index contributed by atoms with van der Waals surface area (Å²) in [5, 5.41) is 3.29. The molecule has 2 saturated heterocycles. The molecule has 4 rings (SSSR count). The predicted octanol–water partition coefficient (Wildman–Crippen LogP) is 1.83. The average molecular weight is 367 g/mol. The Balaban J connectivity index is 1.38. The molecule has 0 saturated carbocycles. The smallest absolute Gasteiger partial charge is 0.245 e. The first-order valence-electron chi connectivity index (χ1n) is 9.45. The molecule has 3 heterocycles. The number of hydrogen-bond acceptors (Lipinski definition) is 6. The standard InChI is InChI=1S/C20H25N5O2/c1-15-2-4-16(5-3-15)13-25-7-6-17(20(25)26)23-18-12-19(22-14-21-18)24-8-10-27-11-9-24/h2-5,12,14,17H,6-11,13H2,1H3,(H,21,22,23). The van der Waals surface area contributed by atoms with Crippen molar-refractivity contribution in [1.29, 1.82) is 0 Å². The number of aryl methyl sites for hydroxylation is 1. The van der Waals surface area contributed by atoms with Crippen LogP contribution in [0.25, 0.3) is 0 Å². The third-order valence-electron chi connectivity index (χ3n) is 5.10. The summed E-state index contributed by atoms with van der Waals surface area (Å²) in [7, 11) is 0. The maximum absolute atomic E-state index is 12.8. The van der Waals surface area contributed by atoms with Crippen LogP contribution in [0.4, 0.5) is 11.6 Å². The lowest BCUT2D eigenvalue weighted by Crippen LogP contribution is -2.37. The molecule has 142 valence electrons. The molecular weight excluding hydrogens is 342 g/mol. The topological polar surface area (TPSA) is 70.6 Å². The molecule has 2 aliphatic heterocycles. The number of nitrogens with one attached hydrogen (secondary N) is 1. The van der Waals surface area contributed by atoms with E-state index in [-0.39, 0.29) is 11.9 Å². The van der Waals surface area contributed by atoms with Gasteiger partial charge in [-0.3, -0.25) is 4.79 Å². The summed E-state index contributed by atoms with van der Waals surface area (Å²) in [6, 6.07) is 10.0. The largest absolute Gasteiger partial charge is 0.378 e. The number of aromatic nitrogens is 2. The number of ether oxygens (including phenoxy) is 1. The van der Waals surface area contributed by atoms with Gasteiger partial charge in [0, 0.05) is 32.2 Å². The van der Waals surface area contributed by atoms with Crippen LogP contribution in [0.1, 0.15) is 17.5 Å². The maximum Gasteiger partial charge on any atom is 0.245 e. The van der Waals surface area contributed by atoms with Crippen LogP contribution in [0.15, 0.2) is 36.7 Å². The summed E-state index contributed by atoms with van der Waals surface area (Å²) in [6.07, 6.45) is 2.33. The van der Waals surface area contributed by atoms with E-state index in [1.807, 2.05) is 11.0 Å². The van der Waals surface area contributed by atoms with Crippen molar-refractivity contribution in [3.8, 4) is 0 Å². The lowest BCUT2D eigenvalue weighted by atomic mass is 10.1. The summed E-state index contributed by atoms with van der Waals surface area (Å²) in [6.45, 7) is 6.54. The van der Waals surface area contributed by atoms with Crippen LogP contribution >= 0.6 is 0 Å². The van der Waals surface area contributed by atoms with E-state index in [1.54, 1.807) is 6.33 Å². The SMILES string of the molecule is Cc1ccc(CN2CCC(Nc3cc(N4CCOCC4)ncn3)C2=O)cc1. The van der Waals surface area contributed by atoms with Gasteiger partial charge in [-0.1, -0.05) is 29.8 Å². The number of morpholine rings is 1. The Morgan fingerprint density at radius 2 is 1.93 bits per heavy atom. The van der Waals surface area contributed by atoms with Crippen molar-refractivity contribution in [3.05, 3.63) is 47.8 Å². The Morgan fingerprint density at radius 1 is 1.15 bits per heavy atom. The summed E-state index contributed by atoms with van der Waals surface area (Å²) in [5.41, 5.74) is 2.39. The molecule has 7 nitrogen and oxygen atoms in total. The van der Waals surface area contributed by atoms with Gasteiger partial charge < -0.3 is 19.9 Å². The highest BCUT2D eigenvalue weighted by Gasteiger charge is 2.31.